The van der Waals surface area contributed by atoms with Crippen molar-refractivity contribution in [3.8, 4) is 0 Å². The largest absolute Gasteiger partial charge is 0.379 e. The SMILES string of the molecule is CC1CCN(CCNS(=O)(=O)N2CCOCC2)CC1. The summed E-state index contributed by atoms with van der Waals surface area (Å²) >= 11 is 0. The van der Waals surface area contributed by atoms with Gasteiger partial charge in [0.15, 0.2) is 0 Å². The van der Waals surface area contributed by atoms with Gasteiger partial charge in [-0.3, -0.25) is 0 Å². The molecule has 0 aromatic heterocycles. The Morgan fingerprint density at radius 1 is 1.16 bits per heavy atom. The van der Waals surface area contributed by atoms with Gasteiger partial charge in [0.05, 0.1) is 13.2 Å². The summed E-state index contributed by atoms with van der Waals surface area (Å²) in [7, 11) is -3.32. The summed E-state index contributed by atoms with van der Waals surface area (Å²) in [4.78, 5) is 2.34. The van der Waals surface area contributed by atoms with E-state index in [-0.39, 0.29) is 0 Å². The van der Waals surface area contributed by atoms with Crippen LogP contribution in [0.25, 0.3) is 0 Å². The highest BCUT2D eigenvalue weighted by molar-refractivity contribution is 7.87. The third-order valence-electron chi connectivity index (χ3n) is 3.90. The second-order valence-electron chi connectivity index (χ2n) is 5.43. The topological polar surface area (TPSA) is 61.9 Å². The number of rotatable bonds is 5. The minimum atomic E-state index is -3.32. The van der Waals surface area contributed by atoms with Crippen LogP contribution in [0.4, 0.5) is 0 Å². The van der Waals surface area contributed by atoms with Crippen molar-refractivity contribution in [2.24, 2.45) is 5.92 Å². The van der Waals surface area contributed by atoms with Crippen LogP contribution in [0, 0.1) is 5.92 Å². The fraction of sp³-hybridized carbons (Fsp3) is 1.00. The highest BCUT2D eigenvalue weighted by Crippen LogP contribution is 2.15. The predicted octanol–water partition coefficient (Wildman–Crippen LogP) is -0.115. The van der Waals surface area contributed by atoms with Crippen LogP contribution in [0.3, 0.4) is 0 Å². The molecule has 7 heteroatoms. The average molecular weight is 291 g/mol. The number of piperidine rings is 1. The fourth-order valence-corrected chi connectivity index (χ4v) is 3.66. The molecule has 2 aliphatic heterocycles. The summed E-state index contributed by atoms with van der Waals surface area (Å²) in [6.45, 7) is 7.63. The zero-order valence-corrected chi connectivity index (χ0v) is 12.5. The van der Waals surface area contributed by atoms with Crippen LogP contribution in [-0.2, 0) is 14.9 Å². The molecule has 0 amide bonds. The number of hydrogen-bond donors (Lipinski definition) is 1. The van der Waals surface area contributed by atoms with E-state index in [4.69, 9.17) is 4.74 Å². The van der Waals surface area contributed by atoms with Crippen molar-refractivity contribution in [1.29, 1.82) is 0 Å². The maximum Gasteiger partial charge on any atom is 0.279 e. The van der Waals surface area contributed by atoms with Crippen molar-refractivity contribution < 1.29 is 13.2 Å². The molecule has 1 N–H and O–H groups in total. The molecule has 0 aliphatic carbocycles. The van der Waals surface area contributed by atoms with Crippen molar-refractivity contribution in [3.05, 3.63) is 0 Å². The quantitative estimate of drug-likeness (QED) is 0.767. The van der Waals surface area contributed by atoms with Gasteiger partial charge in [0.2, 0.25) is 0 Å². The molecule has 0 radical (unpaired) electrons. The first-order valence-corrected chi connectivity index (χ1v) is 8.57. The van der Waals surface area contributed by atoms with Crippen LogP contribution in [0.2, 0.25) is 0 Å². The summed E-state index contributed by atoms with van der Waals surface area (Å²) in [6.07, 6.45) is 2.44. The van der Waals surface area contributed by atoms with Gasteiger partial charge in [-0.15, -0.1) is 0 Å². The molecule has 0 bridgehead atoms. The Morgan fingerprint density at radius 2 is 1.79 bits per heavy atom. The molecular formula is C12H25N3O3S. The van der Waals surface area contributed by atoms with Crippen LogP contribution < -0.4 is 4.72 Å². The minimum absolute atomic E-state index is 0.455. The Balaban J connectivity index is 1.69. The van der Waals surface area contributed by atoms with Gasteiger partial charge in [0, 0.05) is 26.2 Å². The number of ether oxygens (including phenoxy) is 1. The molecule has 0 atom stereocenters. The molecule has 2 fully saturated rings. The summed E-state index contributed by atoms with van der Waals surface area (Å²) in [6, 6.07) is 0. The number of likely N-dealkylation sites (tertiary alicyclic amines) is 1. The van der Waals surface area contributed by atoms with E-state index in [9.17, 15) is 8.42 Å². The van der Waals surface area contributed by atoms with Crippen LogP contribution in [0.1, 0.15) is 19.8 Å². The standard InChI is InChI=1S/C12H25N3O3S/c1-12-2-5-14(6-3-12)7-4-13-19(16,17)15-8-10-18-11-9-15/h12-13H,2-11H2,1H3. The minimum Gasteiger partial charge on any atom is -0.379 e. The van der Waals surface area contributed by atoms with Gasteiger partial charge in [0.1, 0.15) is 0 Å². The summed E-state index contributed by atoms with van der Waals surface area (Å²) < 4.78 is 33.4. The van der Waals surface area contributed by atoms with E-state index in [0.29, 0.717) is 32.8 Å². The molecule has 0 unspecified atom stereocenters. The smallest absolute Gasteiger partial charge is 0.279 e. The van der Waals surface area contributed by atoms with E-state index in [2.05, 4.69) is 16.5 Å². The maximum absolute atomic E-state index is 12.0. The van der Waals surface area contributed by atoms with Crippen molar-refractivity contribution in [3.63, 3.8) is 0 Å². The zero-order chi connectivity index (χ0) is 13.7. The molecule has 0 aromatic rings. The Morgan fingerprint density at radius 3 is 2.42 bits per heavy atom. The van der Waals surface area contributed by atoms with Gasteiger partial charge >= 0.3 is 0 Å². The highest BCUT2D eigenvalue weighted by atomic mass is 32.2. The van der Waals surface area contributed by atoms with Gasteiger partial charge in [0.25, 0.3) is 10.2 Å². The molecule has 0 spiro atoms. The molecule has 2 heterocycles. The van der Waals surface area contributed by atoms with E-state index in [1.165, 1.54) is 17.1 Å². The van der Waals surface area contributed by atoms with Gasteiger partial charge in [-0.05, 0) is 31.8 Å². The average Bonchev–Trinajstić information content (AvgIpc) is 2.42. The van der Waals surface area contributed by atoms with E-state index in [1.54, 1.807) is 0 Å². The lowest BCUT2D eigenvalue weighted by molar-refractivity contribution is 0.0724. The normalized spacial score (nSPS) is 24.7. The second kappa shape index (κ2) is 6.99. The summed E-state index contributed by atoms with van der Waals surface area (Å²) in [5.74, 6) is 0.807. The lowest BCUT2D eigenvalue weighted by Gasteiger charge is -2.31. The molecule has 19 heavy (non-hydrogen) atoms. The molecule has 2 aliphatic rings. The van der Waals surface area contributed by atoms with Gasteiger partial charge < -0.3 is 9.64 Å². The van der Waals surface area contributed by atoms with Gasteiger partial charge in [-0.1, -0.05) is 6.92 Å². The number of hydrogen-bond acceptors (Lipinski definition) is 4. The Bertz CT molecular complexity index is 360. The highest BCUT2D eigenvalue weighted by Gasteiger charge is 2.24. The maximum atomic E-state index is 12.0. The van der Waals surface area contributed by atoms with Gasteiger partial charge in [-0.2, -0.15) is 12.7 Å². The second-order valence-corrected chi connectivity index (χ2v) is 7.19. The van der Waals surface area contributed by atoms with Crippen molar-refractivity contribution in [2.45, 2.75) is 19.8 Å². The molecule has 112 valence electrons. The Labute approximate surface area is 116 Å². The van der Waals surface area contributed by atoms with Crippen molar-refractivity contribution >= 4 is 10.2 Å². The van der Waals surface area contributed by atoms with Crippen LogP contribution in [-0.4, -0.2) is 70.1 Å². The Kier molecular flexibility index (Phi) is 5.58. The van der Waals surface area contributed by atoms with Crippen LogP contribution in [0.15, 0.2) is 0 Å². The molecular weight excluding hydrogens is 266 g/mol. The predicted molar refractivity (Wildman–Crippen MR) is 74.2 cm³/mol. The van der Waals surface area contributed by atoms with E-state index in [0.717, 1.165) is 25.6 Å². The van der Waals surface area contributed by atoms with Crippen LogP contribution in [0.5, 0.6) is 0 Å². The first-order valence-electron chi connectivity index (χ1n) is 7.13. The molecule has 2 rings (SSSR count). The molecule has 0 saturated carbocycles. The van der Waals surface area contributed by atoms with Crippen molar-refractivity contribution in [2.75, 3.05) is 52.5 Å². The van der Waals surface area contributed by atoms with E-state index >= 15 is 0 Å². The summed E-state index contributed by atoms with van der Waals surface area (Å²) in [5.41, 5.74) is 0. The molecule has 2 saturated heterocycles. The monoisotopic (exact) mass is 291 g/mol. The zero-order valence-electron chi connectivity index (χ0n) is 11.7. The molecule has 6 nitrogen and oxygen atoms in total. The lowest BCUT2D eigenvalue weighted by Crippen LogP contribution is -2.48. The first kappa shape index (κ1) is 15.2. The fourth-order valence-electron chi connectivity index (χ4n) is 2.50. The number of nitrogens with one attached hydrogen (secondary N) is 1. The van der Waals surface area contributed by atoms with E-state index < -0.39 is 10.2 Å². The summed E-state index contributed by atoms with van der Waals surface area (Å²) in [5, 5.41) is 0. The molecule has 0 aromatic carbocycles. The first-order chi connectivity index (χ1) is 9.08. The van der Waals surface area contributed by atoms with Crippen LogP contribution >= 0.6 is 0 Å². The number of nitrogens with zero attached hydrogens (tertiary/aromatic N) is 2. The third-order valence-corrected chi connectivity index (χ3v) is 5.51. The van der Waals surface area contributed by atoms with Gasteiger partial charge in [-0.25, -0.2) is 4.72 Å². The lowest BCUT2D eigenvalue weighted by atomic mass is 9.99. The van der Waals surface area contributed by atoms with Crippen molar-refractivity contribution in [1.82, 2.24) is 13.9 Å². The number of morpholine rings is 1. The Hall–Kier alpha value is -0.210. The van der Waals surface area contributed by atoms with E-state index in [1.807, 2.05) is 0 Å². The third kappa shape index (κ3) is 4.68.